The average Bonchev–Trinajstić information content (AvgIpc) is 2.52. The summed E-state index contributed by atoms with van der Waals surface area (Å²) < 4.78 is 28.0. The quantitative estimate of drug-likeness (QED) is 0.254. The Kier molecular flexibility index (Phi) is 12.6. The number of aryl methyl sites for hydroxylation is 1. The van der Waals surface area contributed by atoms with E-state index in [9.17, 15) is 8.42 Å². The molecule has 0 aliphatic rings. The predicted octanol–water partition coefficient (Wildman–Crippen LogP) is 2.38. The highest BCUT2D eigenvalue weighted by Crippen LogP contribution is 2.22. The molecule has 4 N–H and O–H groups in total. The summed E-state index contributed by atoms with van der Waals surface area (Å²) in [5.41, 5.74) is 2.12. The van der Waals surface area contributed by atoms with Crippen LogP contribution in [0.3, 0.4) is 0 Å². The van der Waals surface area contributed by atoms with Gasteiger partial charge in [0.2, 0.25) is 10.0 Å². The maximum absolute atomic E-state index is 11.0. The van der Waals surface area contributed by atoms with Crippen molar-refractivity contribution in [2.24, 2.45) is 16.0 Å². The Morgan fingerprint density at radius 3 is 2.59 bits per heavy atom. The Hall–Kier alpha value is -1.07. The number of ether oxygens (including phenoxy) is 1. The Bertz CT molecular complexity index is 694. The topological polar surface area (TPSA) is 106 Å². The van der Waals surface area contributed by atoms with Gasteiger partial charge < -0.3 is 15.4 Å². The number of nitrogens with one attached hydrogen (secondary N) is 2. The molecule has 0 amide bonds. The summed E-state index contributed by atoms with van der Waals surface area (Å²) >= 11 is 0. The molecule has 0 atom stereocenters. The van der Waals surface area contributed by atoms with Gasteiger partial charge in [0.25, 0.3) is 0 Å². The van der Waals surface area contributed by atoms with Crippen LogP contribution >= 0.6 is 24.0 Å². The lowest BCUT2D eigenvalue weighted by Crippen LogP contribution is -2.40. The van der Waals surface area contributed by atoms with Crippen molar-refractivity contribution >= 4 is 40.0 Å². The zero-order valence-corrected chi connectivity index (χ0v) is 19.8. The highest BCUT2D eigenvalue weighted by Gasteiger charge is 2.07. The van der Waals surface area contributed by atoms with Crippen molar-refractivity contribution in [1.82, 2.24) is 10.6 Å². The van der Waals surface area contributed by atoms with Crippen LogP contribution in [0.1, 0.15) is 38.3 Å². The maximum atomic E-state index is 11.0. The van der Waals surface area contributed by atoms with E-state index in [-0.39, 0.29) is 36.3 Å². The molecule has 156 valence electrons. The first-order chi connectivity index (χ1) is 12.2. The van der Waals surface area contributed by atoms with Crippen molar-refractivity contribution in [3.8, 4) is 5.75 Å². The molecule has 0 radical (unpaired) electrons. The second-order valence-corrected chi connectivity index (χ2v) is 8.37. The van der Waals surface area contributed by atoms with E-state index in [1.54, 1.807) is 0 Å². The van der Waals surface area contributed by atoms with E-state index in [0.717, 1.165) is 23.3 Å². The van der Waals surface area contributed by atoms with E-state index >= 15 is 0 Å². The number of hydrogen-bond acceptors (Lipinski definition) is 4. The van der Waals surface area contributed by atoms with Crippen LogP contribution < -0.4 is 20.5 Å². The molecule has 0 fully saturated rings. The van der Waals surface area contributed by atoms with Crippen LogP contribution in [0.2, 0.25) is 0 Å². The van der Waals surface area contributed by atoms with Gasteiger partial charge in [0.05, 0.1) is 18.9 Å². The lowest BCUT2D eigenvalue weighted by Gasteiger charge is -2.14. The second-order valence-electron chi connectivity index (χ2n) is 6.63. The van der Waals surface area contributed by atoms with E-state index < -0.39 is 10.0 Å². The predicted molar refractivity (Wildman–Crippen MR) is 122 cm³/mol. The molecule has 0 heterocycles. The first-order valence-corrected chi connectivity index (χ1v) is 10.7. The summed E-state index contributed by atoms with van der Waals surface area (Å²) in [7, 11) is -3.50. The summed E-state index contributed by atoms with van der Waals surface area (Å²) in [6.07, 6.45) is 0.994. The number of rotatable bonds is 10. The minimum Gasteiger partial charge on any atom is -0.493 e. The smallest absolute Gasteiger partial charge is 0.210 e. The average molecular weight is 512 g/mol. The first-order valence-electron chi connectivity index (χ1n) is 8.96. The molecular weight excluding hydrogens is 479 g/mol. The van der Waals surface area contributed by atoms with E-state index in [0.29, 0.717) is 31.6 Å². The van der Waals surface area contributed by atoms with E-state index in [1.807, 2.05) is 32.0 Å². The molecule has 0 aromatic heterocycles. The molecule has 0 unspecified atom stereocenters. The van der Waals surface area contributed by atoms with Crippen LogP contribution in [0.5, 0.6) is 5.75 Å². The number of guanidine groups is 1. The molecule has 0 aliphatic carbocycles. The lowest BCUT2D eigenvalue weighted by atomic mass is 10.1. The number of nitrogens with two attached hydrogens (primary N) is 1. The van der Waals surface area contributed by atoms with Gasteiger partial charge in [-0.3, -0.25) is 0 Å². The van der Waals surface area contributed by atoms with Crippen molar-refractivity contribution < 1.29 is 13.2 Å². The Morgan fingerprint density at radius 1 is 1.30 bits per heavy atom. The summed E-state index contributed by atoms with van der Waals surface area (Å²) in [6, 6.07) is 6.06. The number of primary sulfonamides is 1. The van der Waals surface area contributed by atoms with Gasteiger partial charge in [-0.05, 0) is 37.8 Å². The van der Waals surface area contributed by atoms with Gasteiger partial charge in [-0.15, -0.1) is 24.0 Å². The van der Waals surface area contributed by atoms with Gasteiger partial charge in [0, 0.05) is 18.7 Å². The van der Waals surface area contributed by atoms with Crippen LogP contribution in [0, 0.1) is 12.8 Å². The summed E-state index contributed by atoms with van der Waals surface area (Å²) in [6.45, 7) is 10.3. The van der Waals surface area contributed by atoms with Gasteiger partial charge in [-0.2, -0.15) is 0 Å². The van der Waals surface area contributed by atoms with E-state index in [4.69, 9.17) is 9.88 Å². The van der Waals surface area contributed by atoms with Crippen molar-refractivity contribution in [2.75, 3.05) is 25.4 Å². The van der Waals surface area contributed by atoms with Crippen LogP contribution in [0.25, 0.3) is 0 Å². The van der Waals surface area contributed by atoms with E-state index in [1.165, 1.54) is 0 Å². The number of hydrogen-bond donors (Lipinski definition) is 3. The zero-order valence-electron chi connectivity index (χ0n) is 16.6. The maximum Gasteiger partial charge on any atom is 0.210 e. The highest BCUT2D eigenvalue weighted by atomic mass is 127. The standard InChI is InChI=1S/C18H32N4O3S.HI/c1-5-20-18(21-9-11-26(19,23)24)22-13-16-7-6-15(4)12-17(16)25-10-8-14(2)3;/h6-7,12,14H,5,8-11,13H2,1-4H3,(H2,19,23,24)(H2,20,21,22);1H. The van der Waals surface area contributed by atoms with Crippen molar-refractivity contribution in [2.45, 2.75) is 40.7 Å². The fourth-order valence-electron chi connectivity index (χ4n) is 2.15. The third-order valence-electron chi connectivity index (χ3n) is 3.61. The Morgan fingerprint density at radius 2 is 2.00 bits per heavy atom. The fourth-order valence-corrected chi connectivity index (χ4v) is 2.54. The molecule has 27 heavy (non-hydrogen) atoms. The molecule has 7 nitrogen and oxygen atoms in total. The van der Waals surface area contributed by atoms with Crippen molar-refractivity contribution in [3.63, 3.8) is 0 Å². The molecule has 0 saturated carbocycles. The molecule has 0 saturated heterocycles. The number of nitrogens with zero attached hydrogens (tertiary/aromatic N) is 1. The Labute approximate surface area is 180 Å². The number of halogens is 1. The molecule has 0 aliphatic heterocycles. The van der Waals surface area contributed by atoms with Gasteiger partial charge in [0.1, 0.15) is 5.75 Å². The SMILES string of the molecule is CCNC(=NCc1ccc(C)cc1OCCC(C)C)NCCS(N)(=O)=O.I. The van der Waals surface area contributed by atoms with E-state index in [2.05, 4.69) is 29.5 Å². The number of benzene rings is 1. The summed E-state index contributed by atoms with van der Waals surface area (Å²) in [4.78, 5) is 4.52. The van der Waals surface area contributed by atoms with Gasteiger partial charge in [0.15, 0.2) is 5.96 Å². The van der Waals surface area contributed by atoms with Crippen LogP contribution in [-0.2, 0) is 16.6 Å². The molecule has 0 bridgehead atoms. The van der Waals surface area contributed by atoms with Crippen LogP contribution in [-0.4, -0.2) is 39.8 Å². The van der Waals surface area contributed by atoms with Gasteiger partial charge >= 0.3 is 0 Å². The third-order valence-corrected chi connectivity index (χ3v) is 4.38. The van der Waals surface area contributed by atoms with Crippen molar-refractivity contribution in [1.29, 1.82) is 0 Å². The van der Waals surface area contributed by atoms with Crippen LogP contribution in [0.4, 0.5) is 0 Å². The Balaban J connectivity index is 0.00000676. The fraction of sp³-hybridized carbons (Fsp3) is 0.611. The highest BCUT2D eigenvalue weighted by molar-refractivity contribution is 14.0. The largest absolute Gasteiger partial charge is 0.493 e. The monoisotopic (exact) mass is 512 g/mol. The number of sulfonamides is 1. The summed E-state index contributed by atoms with van der Waals surface area (Å²) in [5.74, 6) is 1.83. The molecular formula is C18H33IN4O3S. The third kappa shape index (κ3) is 12.1. The molecule has 9 heteroatoms. The minimum atomic E-state index is -3.50. The molecule has 1 aromatic carbocycles. The molecule has 0 spiro atoms. The lowest BCUT2D eigenvalue weighted by molar-refractivity contribution is 0.287. The normalized spacial score (nSPS) is 11.9. The second kappa shape index (κ2) is 13.2. The van der Waals surface area contributed by atoms with Crippen molar-refractivity contribution in [3.05, 3.63) is 29.3 Å². The van der Waals surface area contributed by atoms with Gasteiger partial charge in [-0.1, -0.05) is 26.0 Å². The molecule has 1 aromatic rings. The zero-order chi connectivity index (χ0) is 19.6. The van der Waals surface area contributed by atoms with Gasteiger partial charge in [-0.25, -0.2) is 18.5 Å². The van der Waals surface area contributed by atoms with Crippen LogP contribution in [0.15, 0.2) is 23.2 Å². The summed E-state index contributed by atoms with van der Waals surface area (Å²) in [5, 5.41) is 11.1. The number of aliphatic imine (C=N–C) groups is 1. The minimum absolute atomic E-state index is 0. The first kappa shape index (κ1) is 25.9. The molecule has 1 rings (SSSR count).